The SMILES string of the molecule is CCCCOc1ccc(/C=C2\N=C(c3ccccc3)OC2=O)cc1OC. The van der Waals surface area contributed by atoms with E-state index in [1.807, 2.05) is 48.5 Å². The van der Waals surface area contributed by atoms with E-state index in [1.54, 1.807) is 13.2 Å². The first-order valence-electron chi connectivity index (χ1n) is 8.60. The molecule has 0 saturated heterocycles. The van der Waals surface area contributed by atoms with Crippen LogP contribution in [0.15, 0.2) is 59.2 Å². The summed E-state index contributed by atoms with van der Waals surface area (Å²) in [7, 11) is 1.59. The van der Waals surface area contributed by atoms with Gasteiger partial charge in [-0.1, -0.05) is 37.6 Å². The van der Waals surface area contributed by atoms with E-state index >= 15 is 0 Å². The molecule has 0 atom stereocenters. The third-order valence-electron chi connectivity index (χ3n) is 3.89. The van der Waals surface area contributed by atoms with Gasteiger partial charge in [-0.05, 0) is 42.3 Å². The van der Waals surface area contributed by atoms with Gasteiger partial charge >= 0.3 is 5.97 Å². The van der Waals surface area contributed by atoms with Gasteiger partial charge in [0.05, 0.1) is 13.7 Å². The lowest BCUT2D eigenvalue weighted by molar-refractivity contribution is -0.129. The van der Waals surface area contributed by atoms with E-state index in [-0.39, 0.29) is 5.70 Å². The van der Waals surface area contributed by atoms with Crippen molar-refractivity contribution in [2.75, 3.05) is 13.7 Å². The molecule has 0 amide bonds. The highest BCUT2D eigenvalue weighted by Gasteiger charge is 2.24. The van der Waals surface area contributed by atoms with E-state index in [0.29, 0.717) is 24.0 Å². The van der Waals surface area contributed by atoms with E-state index in [2.05, 4.69) is 11.9 Å². The summed E-state index contributed by atoms with van der Waals surface area (Å²) in [5, 5.41) is 0. The van der Waals surface area contributed by atoms with Gasteiger partial charge in [-0.15, -0.1) is 0 Å². The van der Waals surface area contributed by atoms with Crippen molar-refractivity contribution in [3.8, 4) is 11.5 Å². The molecule has 1 heterocycles. The number of methoxy groups -OCH3 is 1. The first-order chi connectivity index (χ1) is 12.7. The molecule has 5 nitrogen and oxygen atoms in total. The molecule has 0 radical (unpaired) electrons. The summed E-state index contributed by atoms with van der Waals surface area (Å²) in [6.45, 7) is 2.76. The molecule has 0 saturated carbocycles. The predicted molar refractivity (Wildman–Crippen MR) is 100 cm³/mol. The molecule has 26 heavy (non-hydrogen) atoms. The highest BCUT2D eigenvalue weighted by Crippen LogP contribution is 2.30. The van der Waals surface area contributed by atoms with Gasteiger partial charge < -0.3 is 14.2 Å². The summed E-state index contributed by atoms with van der Waals surface area (Å²) in [5.41, 5.74) is 1.81. The maximum atomic E-state index is 12.1. The van der Waals surface area contributed by atoms with Crippen molar-refractivity contribution in [2.45, 2.75) is 19.8 Å². The summed E-state index contributed by atoms with van der Waals surface area (Å²) >= 11 is 0. The lowest BCUT2D eigenvalue weighted by Crippen LogP contribution is -2.04. The minimum Gasteiger partial charge on any atom is -0.493 e. The van der Waals surface area contributed by atoms with Gasteiger partial charge in [0.1, 0.15) is 0 Å². The molecule has 2 aromatic rings. The summed E-state index contributed by atoms with van der Waals surface area (Å²) < 4.78 is 16.4. The fourth-order valence-corrected chi connectivity index (χ4v) is 2.49. The average Bonchev–Trinajstić information content (AvgIpc) is 3.04. The largest absolute Gasteiger partial charge is 0.493 e. The van der Waals surface area contributed by atoms with Gasteiger partial charge in [-0.25, -0.2) is 9.79 Å². The Bertz CT molecular complexity index is 840. The van der Waals surface area contributed by atoms with Crippen LogP contribution in [0, 0.1) is 0 Å². The summed E-state index contributed by atoms with van der Waals surface area (Å²) in [6.07, 6.45) is 3.73. The van der Waals surface area contributed by atoms with E-state index in [9.17, 15) is 4.79 Å². The molecular formula is C21H21NO4. The molecule has 0 spiro atoms. The zero-order valence-corrected chi connectivity index (χ0v) is 14.9. The fourth-order valence-electron chi connectivity index (χ4n) is 2.49. The standard InChI is InChI=1S/C21H21NO4/c1-3-4-12-25-18-11-10-15(14-19(18)24-2)13-17-21(23)26-20(22-17)16-8-6-5-7-9-16/h5-11,13-14H,3-4,12H2,1-2H3/b17-13-. The van der Waals surface area contributed by atoms with E-state index < -0.39 is 5.97 Å². The highest BCUT2D eigenvalue weighted by atomic mass is 16.6. The van der Waals surface area contributed by atoms with Crippen molar-refractivity contribution >= 4 is 17.9 Å². The predicted octanol–water partition coefficient (Wildman–Crippen LogP) is 4.22. The van der Waals surface area contributed by atoms with Crippen LogP contribution in [-0.2, 0) is 9.53 Å². The maximum Gasteiger partial charge on any atom is 0.363 e. The Labute approximate surface area is 152 Å². The lowest BCUT2D eigenvalue weighted by atomic mass is 10.1. The highest BCUT2D eigenvalue weighted by molar-refractivity contribution is 6.12. The Balaban J connectivity index is 1.82. The van der Waals surface area contributed by atoms with Crippen molar-refractivity contribution in [1.29, 1.82) is 0 Å². The second-order valence-electron chi connectivity index (χ2n) is 5.81. The second-order valence-corrected chi connectivity index (χ2v) is 5.81. The van der Waals surface area contributed by atoms with Crippen molar-refractivity contribution in [1.82, 2.24) is 0 Å². The smallest absolute Gasteiger partial charge is 0.363 e. The van der Waals surface area contributed by atoms with Crippen LogP contribution < -0.4 is 9.47 Å². The number of esters is 1. The van der Waals surface area contributed by atoms with Gasteiger partial charge in [0.2, 0.25) is 5.90 Å². The minimum absolute atomic E-state index is 0.255. The Morgan fingerprint density at radius 3 is 2.65 bits per heavy atom. The van der Waals surface area contributed by atoms with Gasteiger partial charge in [-0.2, -0.15) is 0 Å². The number of rotatable bonds is 7. The molecule has 0 N–H and O–H groups in total. The van der Waals surface area contributed by atoms with Gasteiger partial charge in [-0.3, -0.25) is 0 Å². The van der Waals surface area contributed by atoms with Crippen molar-refractivity contribution in [3.05, 3.63) is 65.4 Å². The zero-order chi connectivity index (χ0) is 18.4. The number of carbonyl (C=O) groups excluding carboxylic acids is 1. The van der Waals surface area contributed by atoms with Gasteiger partial charge in [0, 0.05) is 5.56 Å². The number of hydrogen-bond acceptors (Lipinski definition) is 5. The number of ether oxygens (including phenoxy) is 3. The third-order valence-corrected chi connectivity index (χ3v) is 3.89. The topological polar surface area (TPSA) is 57.1 Å². The van der Waals surface area contributed by atoms with Gasteiger partial charge in [0.25, 0.3) is 0 Å². The van der Waals surface area contributed by atoms with Crippen molar-refractivity contribution < 1.29 is 19.0 Å². The fraction of sp³-hybridized carbons (Fsp3) is 0.238. The zero-order valence-electron chi connectivity index (χ0n) is 14.9. The molecular weight excluding hydrogens is 330 g/mol. The molecule has 5 heteroatoms. The van der Waals surface area contributed by atoms with Crippen LogP contribution in [0.5, 0.6) is 11.5 Å². The maximum absolute atomic E-state index is 12.1. The van der Waals surface area contributed by atoms with Crippen molar-refractivity contribution in [2.24, 2.45) is 4.99 Å². The molecule has 0 unspecified atom stereocenters. The molecule has 1 aliphatic rings. The number of hydrogen-bond donors (Lipinski definition) is 0. The Hall–Kier alpha value is -3.08. The number of cyclic esters (lactones) is 1. The Kier molecular flexibility index (Phi) is 5.69. The Morgan fingerprint density at radius 1 is 1.12 bits per heavy atom. The first-order valence-corrected chi connectivity index (χ1v) is 8.60. The van der Waals surface area contributed by atoms with Crippen molar-refractivity contribution in [3.63, 3.8) is 0 Å². The van der Waals surface area contributed by atoms with Crippen LogP contribution in [0.4, 0.5) is 0 Å². The summed E-state index contributed by atoms with van der Waals surface area (Å²) in [5.74, 6) is 1.15. The molecule has 0 aliphatic carbocycles. The molecule has 1 aliphatic heterocycles. The number of benzene rings is 2. The molecule has 134 valence electrons. The van der Waals surface area contributed by atoms with E-state index in [1.165, 1.54) is 0 Å². The monoisotopic (exact) mass is 351 g/mol. The molecule has 3 rings (SSSR count). The normalized spacial score (nSPS) is 14.9. The summed E-state index contributed by atoms with van der Waals surface area (Å²) in [6, 6.07) is 14.8. The average molecular weight is 351 g/mol. The number of unbranched alkanes of at least 4 members (excludes halogenated alkanes) is 1. The number of aliphatic imine (C=N–C) groups is 1. The van der Waals surface area contributed by atoms with Crippen LogP contribution in [-0.4, -0.2) is 25.6 Å². The van der Waals surface area contributed by atoms with Crippen LogP contribution >= 0.6 is 0 Å². The number of carbonyl (C=O) groups is 1. The van der Waals surface area contributed by atoms with E-state index in [4.69, 9.17) is 14.2 Å². The van der Waals surface area contributed by atoms with Crippen LogP contribution in [0.2, 0.25) is 0 Å². The van der Waals surface area contributed by atoms with E-state index in [0.717, 1.165) is 24.0 Å². The number of nitrogens with zero attached hydrogens (tertiary/aromatic N) is 1. The second kappa shape index (κ2) is 8.34. The van der Waals surface area contributed by atoms with Crippen LogP contribution in [0.1, 0.15) is 30.9 Å². The molecule has 0 bridgehead atoms. The molecule has 0 fully saturated rings. The lowest BCUT2D eigenvalue weighted by Gasteiger charge is -2.10. The van der Waals surface area contributed by atoms with Gasteiger partial charge in [0.15, 0.2) is 17.2 Å². The van der Waals surface area contributed by atoms with Crippen LogP contribution in [0.3, 0.4) is 0 Å². The van der Waals surface area contributed by atoms with Crippen LogP contribution in [0.25, 0.3) is 6.08 Å². The Morgan fingerprint density at radius 2 is 1.92 bits per heavy atom. The third kappa shape index (κ3) is 4.11. The quantitative estimate of drug-likeness (QED) is 0.426. The molecule has 0 aromatic heterocycles. The summed E-state index contributed by atoms with van der Waals surface area (Å²) in [4.78, 5) is 16.4. The minimum atomic E-state index is -0.467. The first kappa shape index (κ1) is 17.7. The molecule has 2 aromatic carbocycles.